The van der Waals surface area contributed by atoms with E-state index in [4.69, 9.17) is 27.9 Å². The predicted octanol–water partition coefficient (Wildman–Crippen LogP) is 2.69. The van der Waals surface area contributed by atoms with E-state index >= 15 is 0 Å². The molecular formula is C15H14Cl2N2O4S. The van der Waals surface area contributed by atoms with Gasteiger partial charge in [-0.05, 0) is 36.8 Å². The van der Waals surface area contributed by atoms with Gasteiger partial charge in [0.15, 0.2) is 6.61 Å². The first-order chi connectivity index (χ1) is 11.3. The van der Waals surface area contributed by atoms with Gasteiger partial charge < -0.3 is 4.74 Å². The SMILES string of the molecule is Cc1ccccc1OCC(=O)NNS(=O)(=O)c1ccc(Cl)c(Cl)c1. The van der Waals surface area contributed by atoms with Crippen molar-refractivity contribution in [3.63, 3.8) is 0 Å². The van der Waals surface area contributed by atoms with Crippen LogP contribution < -0.4 is 15.0 Å². The smallest absolute Gasteiger partial charge is 0.272 e. The van der Waals surface area contributed by atoms with Crippen molar-refractivity contribution < 1.29 is 17.9 Å². The average molecular weight is 389 g/mol. The number of carbonyl (C=O) groups excluding carboxylic acids is 1. The van der Waals surface area contributed by atoms with Crippen LogP contribution in [0.2, 0.25) is 10.0 Å². The fourth-order valence-electron chi connectivity index (χ4n) is 1.72. The summed E-state index contributed by atoms with van der Waals surface area (Å²) in [5, 5.41) is 0.319. The minimum absolute atomic E-state index is 0.0914. The number of rotatable bonds is 6. The lowest BCUT2D eigenvalue weighted by Gasteiger charge is -2.11. The van der Waals surface area contributed by atoms with Gasteiger partial charge in [-0.1, -0.05) is 41.4 Å². The standard InChI is InChI=1S/C15H14Cl2N2O4S/c1-10-4-2-3-5-14(10)23-9-15(20)18-19-24(21,22)11-6-7-12(16)13(17)8-11/h2-8,19H,9H2,1H3,(H,18,20). The molecule has 0 saturated carbocycles. The van der Waals surface area contributed by atoms with Gasteiger partial charge in [0.1, 0.15) is 5.75 Å². The Kier molecular flexibility index (Phi) is 6.06. The normalized spacial score (nSPS) is 11.1. The summed E-state index contributed by atoms with van der Waals surface area (Å²) in [5.41, 5.74) is 2.93. The van der Waals surface area contributed by atoms with Crippen LogP contribution in [0.4, 0.5) is 0 Å². The van der Waals surface area contributed by atoms with Gasteiger partial charge in [-0.15, -0.1) is 4.83 Å². The fourth-order valence-corrected chi connectivity index (χ4v) is 2.97. The lowest BCUT2D eigenvalue weighted by atomic mass is 10.2. The molecule has 2 aromatic carbocycles. The molecule has 2 N–H and O–H groups in total. The third-order valence-electron chi connectivity index (χ3n) is 2.98. The molecule has 0 heterocycles. The number of ether oxygens (including phenoxy) is 1. The van der Waals surface area contributed by atoms with E-state index in [1.165, 1.54) is 18.2 Å². The van der Waals surface area contributed by atoms with Crippen LogP contribution >= 0.6 is 23.2 Å². The summed E-state index contributed by atoms with van der Waals surface area (Å²) in [7, 11) is -3.97. The molecule has 0 fully saturated rings. The monoisotopic (exact) mass is 388 g/mol. The number of nitrogens with one attached hydrogen (secondary N) is 2. The first-order valence-electron chi connectivity index (χ1n) is 6.74. The van der Waals surface area contributed by atoms with Gasteiger partial charge in [-0.2, -0.15) is 0 Å². The lowest BCUT2D eigenvalue weighted by Crippen LogP contribution is -2.43. The second-order valence-electron chi connectivity index (χ2n) is 4.78. The maximum Gasteiger partial charge on any atom is 0.272 e. The molecule has 128 valence electrons. The molecule has 0 bridgehead atoms. The van der Waals surface area contributed by atoms with Crippen molar-refractivity contribution in [1.82, 2.24) is 10.3 Å². The minimum atomic E-state index is -3.97. The van der Waals surface area contributed by atoms with Crippen molar-refractivity contribution in [3.8, 4) is 5.75 Å². The Balaban J connectivity index is 1.93. The molecule has 2 rings (SSSR count). The van der Waals surface area contributed by atoms with E-state index in [0.717, 1.165) is 5.56 Å². The zero-order valence-corrected chi connectivity index (χ0v) is 14.9. The van der Waals surface area contributed by atoms with E-state index in [1.807, 2.05) is 23.9 Å². The Morgan fingerprint density at radius 1 is 1.12 bits per heavy atom. The molecule has 0 aromatic heterocycles. The molecule has 6 nitrogen and oxygen atoms in total. The number of carbonyl (C=O) groups is 1. The highest BCUT2D eigenvalue weighted by molar-refractivity contribution is 7.89. The van der Waals surface area contributed by atoms with Crippen LogP contribution in [0.3, 0.4) is 0 Å². The molecule has 0 saturated heterocycles. The summed E-state index contributed by atoms with van der Waals surface area (Å²) in [5.74, 6) is -0.109. The Morgan fingerprint density at radius 3 is 2.50 bits per heavy atom. The largest absolute Gasteiger partial charge is 0.483 e. The van der Waals surface area contributed by atoms with Crippen molar-refractivity contribution in [3.05, 3.63) is 58.1 Å². The van der Waals surface area contributed by atoms with E-state index in [-0.39, 0.29) is 21.5 Å². The Hall–Kier alpha value is -1.80. The van der Waals surface area contributed by atoms with Gasteiger partial charge in [0.25, 0.3) is 15.9 Å². The number of hydrazine groups is 1. The number of hydrogen-bond acceptors (Lipinski definition) is 4. The molecule has 24 heavy (non-hydrogen) atoms. The van der Waals surface area contributed by atoms with Crippen molar-refractivity contribution in [1.29, 1.82) is 0 Å². The molecule has 0 aliphatic carbocycles. The molecule has 0 radical (unpaired) electrons. The quantitative estimate of drug-likeness (QED) is 0.744. The van der Waals surface area contributed by atoms with Crippen molar-refractivity contribution >= 4 is 39.1 Å². The van der Waals surface area contributed by atoms with Gasteiger partial charge in [0, 0.05) is 0 Å². The van der Waals surface area contributed by atoms with Gasteiger partial charge in [0.05, 0.1) is 14.9 Å². The average Bonchev–Trinajstić information content (AvgIpc) is 2.54. The number of hydrogen-bond donors (Lipinski definition) is 2. The summed E-state index contributed by atoms with van der Waals surface area (Å²) in [6.45, 7) is 1.50. The summed E-state index contributed by atoms with van der Waals surface area (Å²) in [6, 6.07) is 11.0. The van der Waals surface area contributed by atoms with Gasteiger partial charge in [-0.25, -0.2) is 8.42 Å². The van der Waals surface area contributed by atoms with E-state index in [1.54, 1.807) is 12.1 Å². The Morgan fingerprint density at radius 2 is 1.83 bits per heavy atom. The van der Waals surface area contributed by atoms with Crippen LogP contribution in [0.25, 0.3) is 0 Å². The molecule has 1 amide bonds. The van der Waals surface area contributed by atoms with Crippen molar-refractivity contribution in [2.45, 2.75) is 11.8 Å². The zero-order chi connectivity index (χ0) is 17.7. The Labute approximate surface area is 149 Å². The minimum Gasteiger partial charge on any atom is -0.483 e. The topological polar surface area (TPSA) is 84.5 Å². The number of para-hydroxylation sites is 1. The van der Waals surface area contributed by atoms with Gasteiger partial charge in [0.2, 0.25) is 0 Å². The third-order valence-corrected chi connectivity index (χ3v) is 4.96. The first-order valence-corrected chi connectivity index (χ1v) is 8.97. The summed E-state index contributed by atoms with van der Waals surface area (Å²) in [4.78, 5) is 13.6. The van der Waals surface area contributed by atoms with Crippen LogP contribution in [0, 0.1) is 6.92 Å². The van der Waals surface area contributed by atoms with Crippen molar-refractivity contribution in [2.75, 3.05) is 6.61 Å². The fraction of sp³-hybridized carbons (Fsp3) is 0.133. The van der Waals surface area contributed by atoms with Crippen LogP contribution in [0.5, 0.6) is 5.75 Å². The van der Waals surface area contributed by atoms with Crippen LogP contribution in [0.15, 0.2) is 47.4 Å². The van der Waals surface area contributed by atoms with Crippen LogP contribution in [-0.4, -0.2) is 20.9 Å². The summed E-state index contributed by atoms with van der Waals surface area (Å²) in [6.07, 6.45) is 0. The number of halogens is 2. The zero-order valence-electron chi connectivity index (χ0n) is 12.5. The maximum atomic E-state index is 12.1. The van der Waals surface area contributed by atoms with Gasteiger partial charge >= 0.3 is 0 Å². The highest BCUT2D eigenvalue weighted by atomic mass is 35.5. The van der Waals surface area contributed by atoms with Crippen molar-refractivity contribution in [2.24, 2.45) is 0 Å². The number of aryl methyl sites for hydroxylation is 1. The molecule has 0 unspecified atom stereocenters. The second kappa shape index (κ2) is 7.85. The lowest BCUT2D eigenvalue weighted by molar-refractivity contribution is -0.123. The van der Waals surface area contributed by atoms with E-state index in [0.29, 0.717) is 5.75 Å². The predicted molar refractivity (Wildman–Crippen MR) is 91.6 cm³/mol. The molecule has 0 spiro atoms. The highest BCUT2D eigenvalue weighted by Crippen LogP contribution is 2.24. The molecule has 0 atom stereocenters. The van der Waals surface area contributed by atoms with Gasteiger partial charge in [-0.3, -0.25) is 10.2 Å². The van der Waals surface area contributed by atoms with E-state index in [2.05, 4.69) is 5.43 Å². The van der Waals surface area contributed by atoms with E-state index in [9.17, 15) is 13.2 Å². The second-order valence-corrected chi connectivity index (χ2v) is 7.28. The summed E-state index contributed by atoms with van der Waals surface area (Å²) >= 11 is 11.5. The third kappa shape index (κ3) is 4.85. The highest BCUT2D eigenvalue weighted by Gasteiger charge is 2.16. The maximum absolute atomic E-state index is 12.1. The van der Waals surface area contributed by atoms with Crippen LogP contribution in [0.1, 0.15) is 5.56 Å². The summed E-state index contributed by atoms with van der Waals surface area (Å²) < 4.78 is 29.4. The molecule has 0 aliphatic heterocycles. The molecule has 9 heteroatoms. The molecule has 0 aliphatic rings. The number of amides is 1. The molecular weight excluding hydrogens is 375 g/mol. The number of sulfonamides is 1. The first kappa shape index (κ1) is 18.5. The van der Waals surface area contributed by atoms with Crippen LogP contribution in [-0.2, 0) is 14.8 Å². The molecule has 2 aromatic rings. The number of benzene rings is 2. The van der Waals surface area contributed by atoms with E-state index < -0.39 is 15.9 Å². The Bertz CT molecular complexity index is 856.